The fraction of sp³-hybridized carbons (Fsp3) is 0.600. The normalized spacial score (nSPS) is 25.7. The molecule has 2 unspecified atom stereocenters. The summed E-state index contributed by atoms with van der Waals surface area (Å²) in [7, 11) is 1.90. The van der Waals surface area contributed by atoms with E-state index in [9.17, 15) is 9.50 Å². The van der Waals surface area contributed by atoms with Gasteiger partial charge in [-0.1, -0.05) is 12.1 Å². The molecule has 2 atom stereocenters. The van der Waals surface area contributed by atoms with Crippen LogP contribution in [-0.4, -0.2) is 42.3 Å². The van der Waals surface area contributed by atoms with Gasteiger partial charge in [-0.05, 0) is 44.5 Å². The lowest BCUT2D eigenvalue weighted by Crippen LogP contribution is -2.31. The number of hydrogen-bond acceptors (Lipinski definition) is 3. The van der Waals surface area contributed by atoms with Crippen molar-refractivity contribution in [2.75, 3.05) is 26.7 Å². The summed E-state index contributed by atoms with van der Waals surface area (Å²) < 4.78 is 13.2. The second-order valence-electron chi connectivity index (χ2n) is 5.71. The van der Waals surface area contributed by atoms with Crippen molar-refractivity contribution in [1.29, 1.82) is 0 Å². The van der Waals surface area contributed by atoms with Crippen LogP contribution in [0.3, 0.4) is 0 Å². The monoisotopic (exact) mass is 266 g/mol. The third-order valence-corrected chi connectivity index (χ3v) is 3.86. The van der Waals surface area contributed by atoms with Crippen LogP contribution in [0, 0.1) is 5.82 Å². The summed E-state index contributed by atoms with van der Waals surface area (Å²) in [6.07, 6.45) is 1.74. The molecule has 0 bridgehead atoms. The van der Waals surface area contributed by atoms with Gasteiger partial charge in [0.15, 0.2) is 0 Å². The van der Waals surface area contributed by atoms with Gasteiger partial charge >= 0.3 is 0 Å². The van der Waals surface area contributed by atoms with Crippen molar-refractivity contribution in [3.63, 3.8) is 0 Å². The molecule has 1 heterocycles. The Morgan fingerprint density at radius 2 is 2.32 bits per heavy atom. The second-order valence-corrected chi connectivity index (χ2v) is 5.71. The third kappa shape index (κ3) is 4.00. The maximum absolute atomic E-state index is 13.2. The van der Waals surface area contributed by atoms with Crippen LogP contribution in [0.2, 0.25) is 0 Å². The van der Waals surface area contributed by atoms with Crippen molar-refractivity contribution in [3.05, 3.63) is 35.6 Å². The van der Waals surface area contributed by atoms with E-state index >= 15 is 0 Å². The molecule has 3 nitrogen and oxygen atoms in total. The highest BCUT2D eigenvalue weighted by atomic mass is 19.1. The number of hydrogen-bond donors (Lipinski definition) is 2. The average molecular weight is 266 g/mol. The summed E-state index contributed by atoms with van der Waals surface area (Å²) in [5.41, 5.74) is 0.432. The molecule has 1 saturated heterocycles. The minimum atomic E-state index is -0.548. The summed E-state index contributed by atoms with van der Waals surface area (Å²) in [6, 6.07) is 6.90. The Morgan fingerprint density at radius 3 is 2.89 bits per heavy atom. The Morgan fingerprint density at radius 1 is 1.53 bits per heavy atom. The van der Waals surface area contributed by atoms with Crippen LogP contribution in [0.25, 0.3) is 0 Å². The van der Waals surface area contributed by atoms with Crippen LogP contribution < -0.4 is 5.32 Å². The Kier molecular flexibility index (Phi) is 4.55. The fourth-order valence-electron chi connectivity index (χ4n) is 2.74. The molecule has 0 saturated carbocycles. The summed E-state index contributed by atoms with van der Waals surface area (Å²) in [5.74, 6) is -0.193. The first-order valence-electron chi connectivity index (χ1n) is 6.88. The van der Waals surface area contributed by atoms with Crippen molar-refractivity contribution < 1.29 is 9.50 Å². The highest BCUT2D eigenvalue weighted by Crippen LogP contribution is 2.23. The second kappa shape index (κ2) is 5.99. The first kappa shape index (κ1) is 14.4. The summed E-state index contributed by atoms with van der Waals surface area (Å²) in [6.45, 7) is 4.46. The third-order valence-electron chi connectivity index (χ3n) is 3.86. The minimum absolute atomic E-state index is 0.154. The molecular formula is C15H23FN2O. The van der Waals surface area contributed by atoms with Gasteiger partial charge in [-0.3, -0.25) is 0 Å². The van der Waals surface area contributed by atoms with E-state index in [0.717, 1.165) is 38.0 Å². The number of nitrogens with zero attached hydrogens (tertiary/aromatic N) is 1. The van der Waals surface area contributed by atoms with Gasteiger partial charge in [-0.2, -0.15) is 0 Å². The molecule has 1 aromatic rings. The lowest BCUT2D eigenvalue weighted by molar-refractivity contribution is 0.0683. The van der Waals surface area contributed by atoms with Gasteiger partial charge in [0.2, 0.25) is 0 Å². The van der Waals surface area contributed by atoms with Gasteiger partial charge in [-0.25, -0.2) is 4.39 Å². The maximum atomic E-state index is 13.2. The van der Waals surface area contributed by atoms with Gasteiger partial charge in [0, 0.05) is 25.7 Å². The molecule has 1 aromatic carbocycles. The van der Waals surface area contributed by atoms with E-state index in [-0.39, 0.29) is 11.9 Å². The zero-order valence-corrected chi connectivity index (χ0v) is 11.7. The van der Waals surface area contributed by atoms with Gasteiger partial charge < -0.3 is 15.3 Å². The zero-order valence-electron chi connectivity index (χ0n) is 11.7. The minimum Gasteiger partial charge on any atom is -0.389 e. The predicted molar refractivity (Wildman–Crippen MR) is 74.5 cm³/mol. The highest BCUT2D eigenvalue weighted by Gasteiger charge is 2.31. The van der Waals surface area contributed by atoms with Crippen molar-refractivity contribution in [2.24, 2.45) is 0 Å². The molecule has 0 spiro atoms. The average Bonchev–Trinajstić information content (AvgIpc) is 2.70. The summed E-state index contributed by atoms with van der Waals surface area (Å²) in [4.78, 5) is 2.27. The molecule has 106 valence electrons. The van der Waals surface area contributed by atoms with E-state index in [1.807, 2.05) is 20.0 Å². The van der Waals surface area contributed by atoms with E-state index in [0.29, 0.717) is 0 Å². The molecule has 19 heavy (non-hydrogen) atoms. The lowest BCUT2D eigenvalue weighted by Gasteiger charge is -2.22. The predicted octanol–water partition coefficient (Wildman–Crippen LogP) is 1.93. The Bertz CT molecular complexity index is 422. The number of nitrogens with one attached hydrogen (secondary N) is 1. The van der Waals surface area contributed by atoms with Crippen LogP contribution in [0.5, 0.6) is 0 Å². The number of β-amino-alcohol motifs (C(OH)–C–C–N with tert-alkyl or cyclic N) is 1. The van der Waals surface area contributed by atoms with Gasteiger partial charge in [0.25, 0.3) is 0 Å². The molecule has 0 aromatic heterocycles. The molecule has 1 aliphatic heterocycles. The summed E-state index contributed by atoms with van der Waals surface area (Å²) >= 11 is 0. The largest absolute Gasteiger partial charge is 0.389 e. The number of aliphatic hydroxyl groups is 1. The van der Waals surface area contributed by atoms with Gasteiger partial charge in [0.1, 0.15) is 5.82 Å². The first-order chi connectivity index (χ1) is 9.00. The van der Waals surface area contributed by atoms with Crippen LogP contribution in [0.15, 0.2) is 24.3 Å². The van der Waals surface area contributed by atoms with E-state index < -0.39 is 5.60 Å². The maximum Gasteiger partial charge on any atom is 0.123 e. The smallest absolute Gasteiger partial charge is 0.123 e. The molecule has 2 rings (SSSR count). The van der Waals surface area contributed by atoms with Crippen molar-refractivity contribution in [3.8, 4) is 0 Å². The number of likely N-dealkylation sites (tertiary alicyclic amines) is 1. The SMILES string of the molecule is CNC(CCN1CCC(C)(O)C1)c1cccc(F)c1. The van der Waals surface area contributed by atoms with Crippen LogP contribution in [-0.2, 0) is 0 Å². The first-order valence-corrected chi connectivity index (χ1v) is 6.88. The zero-order chi connectivity index (χ0) is 13.9. The van der Waals surface area contributed by atoms with Gasteiger partial charge in [0.05, 0.1) is 5.60 Å². The molecular weight excluding hydrogens is 243 g/mol. The van der Waals surface area contributed by atoms with E-state index in [2.05, 4.69) is 10.2 Å². The number of rotatable bonds is 5. The summed E-state index contributed by atoms with van der Waals surface area (Å²) in [5, 5.41) is 13.2. The Balaban J connectivity index is 1.90. The van der Waals surface area contributed by atoms with Crippen molar-refractivity contribution in [2.45, 2.75) is 31.4 Å². The standard InChI is InChI=1S/C15H23FN2O/c1-15(19)7-9-18(11-15)8-6-14(17-2)12-4-3-5-13(16)10-12/h3-5,10,14,17,19H,6-9,11H2,1-2H3. The molecule has 1 fully saturated rings. The Labute approximate surface area is 114 Å². The van der Waals surface area contributed by atoms with Crippen LogP contribution in [0.4, 0.5) is 4.39 Å². The number of halogens is 1. The molecule has 4 heteroatoms. The van der Waals surface area contributed by atoms with Crippen LogP contribution >= 0.6 is 0 Å². The molecule has 0 aliphatic carbocycles. The lowest BCUT2D eigenvalue weighted by atomic mass is 10.0. The fourth-order valence-corrected chi connectivity index (χ4v) is 2.74. The molecule has 0 amide bonds. The molecule has 0 radical (unpaired) electrons. The number of benzene rings is 1. The van der Waals surface area contributed by atoms with E-state index in [1.165, 1.54) is 6.07 Å². The highest BCUT2D eigenvalue weighted by molar-refractivity contribution is 5.20. The van der Waals surface area contributed by atoms with Crippen molar-refractivity contribution in [1.82, 2.24) is 10.2 Å². The van der Waals surface area contributed by atoms with E-state index in [1.54, 1.807) is 12.1 Å². The molecule has 2 N–H and O–H groups in total. The van der Waals surface area contributed by atoms with Crippen LogP contribution in [0.1, 0.15) is 31.4 Å². The van der Waals surface area contributed by atoms with Gasteiger partial charge in [-0.15, -0.1) is 0 Å². The molecule has 1 aliphatic rings. The Hall–Kier alpha value is -0.970. The van der Waals surface area contributed by atoms with Crippen molar-refractivity contribution >= 4 is 0 Å². The topological polar surface area (TPSA) is 35.5 Å². The quantitative estimate of drug-likeness (QED) is 0.855. The van der Waals surface area contributed by atoms with E-state index in [4.69, 9.17) is 0 Å².